The lowest BCUT2D eigenvalue weighted by atomic mass is 10.2. The van der Waals surface area contributed by atoms with Gasteiger partial charge in [-0.05, 0) is 50.2 Å². The highest BCUT2D eigenvalue weighted by Crippen LogP contribution is 2.10. The van der Waals surface area contributed by atoms with Crippen molar-refractivity contribution in [2.24, 2.45) is 0 Å². The summed E-state index contributed by atoms with van der Waals surface area (Å²) in [5.74, 6) is -0.138. The summed E-state index contributed by atoms with van der Waals surface area (Å²) in [5.41, 5.74) is 0.550. The molecule has 0 radical (unpaired) electrons. The van der Waals surface area contributed by atoms with Crippen molar-refractivity contribution in [3.05, 3.63) is 30.1 Å². The molecule has 1 heterocycles. The SMILES string of the molecule is O=C(CSCC(=O)Nc1ccc(F)cc1)NCCN1CCCCCC1. The largest absolute Gasteiger partial charge is 0.354 e. The minimum atomic E-state index is -0.343. The lowest BCUT2D eigenvalue weighted by Crippen LogP contribution is -2.36. The zero-order chi connectivity index (χ0) is 17.9. The van der Waals surface area contributed by atoms with Crippen molar-refractivity contribution < 1.29 is 14.0 Å². The molecule has 1 aliphatic heterocycles. The lowest BCUT2D eigenvalue weighted by molar-refractivity contribution is -0.118. The van der Waals surface area contributed by atoms with Crippen LogP contribution in [0.15, 0.2) is 24.3 Å². The Kier molecular flexibility index (Phi) is 8.76. The monoisotopic (exact) mass is 367 g/mol. The fraction of sp³-hybridized carbons (Fsp3) is 0.556. The van der Waals surface area contributed by atoms with Crippen molar-refractivity contribution in [3.63, 3.8) is 0 Å². The molecule has 0 saturated carbocycles. The summed E-state index contributed by atoms with van der Waals surface area (Å²) in [6.07, 6.45) is 5.10. The van der Waals surface area contributed by atoms with Gasteiger partial charge in [0.2, 0.25) is 11.8 Å². The first-order chi connectivity index (χ1) is 12.1. The van der Waals surface area contributed by atoms with Gasteiger partial charge in [-0.15, -0.1) is 11.8 Å². The van der Waals surface area contributed by atoms with Gasteiger partial charge in [-0.25, -0.2) is 4.39 Å². The van der Waals surface area contributed by atoms with Crippen LogP contribution in [0.5, 0.6) is 0 Å². The van der Waals surface area contributed by atoms with E-state index >= 15 is 0 Å². The first kappa shape index (κ1) is 19.7. The highest BCUT2D eigenvalue weighted by atomic mass is 32.2. The molecule has 138 valence electrons. The van der Waals surface area contributed by atoms with Gasteiger partial charge in [0, 0.05) is 18.8 Å². The number of benzene rings is 1. The van der Waals surface area contributed by atoms with Crippen molar-refractivity contribution in [1.29, 1.82) is 0 Å². The highest BCUT2D eigenvalue weighted by molar-refractivity contribution is 8.00. The van der Waals surface area contributed by atoms with Gasteiger partial charge >= 0.3 is 0 Å². The van der Waals surface area contributed by atoms with Gasteiger partial charge in [-0.3, -0.25) is 9.59 Å². The Morgan fingerprint density at radius 2 is 1.64 bits per heavy atom. The van der Waals surface area contributed by atoms with E-state index in [0.717, 1.165) is 19.6 Å². The average Bonchev–Trinajstić information content (AvgIpc) is 2.86. The van der Waals surface area contributed by atoms with Gasteiger partial charge in [-0.1, -0.05) is 12.8 Å². The van der Waals surface area contributed by atoms with Crippen molar-refractivity contribution >= 4 is 29.3 Å². The number of nitrogens with zero attached hydrogens (tertiary/aromatic N) is 1. The van der Waals surface area contributed by atoms with Crippen LogP contribution < -0.4 is 10.6 Å². The van der Waals surface area contributed by atoms with Crippen LogP contribution in [0.25, 0.3) is 0 Å². The molecule has 2 amide bonds. The van der Waals surface area contributed by atoms with E-state index in [0.29, 0.717) is 12.2 Å². The van der Waals surface area contributed by atoms with E-state index in [1.165, 1.54) is 61.7 Å². The number of anilines is 1. The van der Waals surface area contributed by atoms with Gasteiger partial charge in [0.1, 0.15) is 5.82 Å². The van der Waals surface area contributed by atoms with Crippen LogP contribution in [0.4, 0.5) is 10.1 Å². The number of rotatable bonds is 8. The molecule has 0 unspecified atom stereocenters. The van der Waals surface area contributed by atoms with Crippen LogP contribution >= 0.6 is 11.8 Å². The molecule has 1 aromatic carbocycles. The van der Waals surface area contributed by atoms with Crippen LogP contribution in [-0.2, 0) is 9.59 Å². The Hall–Kier alpha value is -1.60. The normalized spacial score (nSPS) is 15.4. The molecule has 2 rings (SSSR count). The van der Waals surface area contributed by atoms with E-state index in [2.05, 4.69) is 15.5 Å². The molecule has 25 heavy (non-hydrogen) atoms. The molecule has 5 nitrogen and oxygen atoms in total. The predicted molar refractivity (Wildman–Crippen MR) is 100 cm³/mol. The van der Waals surface area contributed by atoms with Crippen LogP contribution in [0.1, 0.15) is 25.7 Å². The van der Waals surface area contributed by atoms with Gasteiger partial charge < -0.3 is 15.5 Å². The number of likely N-dealkylation sites (tertiary alicyclic amines) is 1. The summed E-state index contributed by atoms with van der Waals surface area (Å²) < 4.78 is 12.8. The maximum Gasteiger partial charge on any atom is 0.234 e. The van der Waals surface area contributed by atoms with Crippen LogP contribution in [-0.4, -0.2) is 54.4 Å². The summed E-state index contributed by atoms with van der Waals surface area (Å²) in [5, 5.41) is 5.58. The number of thioether (sulfide) groups is 1. The third kappa shape index (κ3) is 8.36. The number of nitrogens with one attached hydrogen (secondary N) is 2. The molecular formula is C18H26FN3O2S. The third-order valence-electron chi connectivity index (χ3n) is 4.04. The maximum atomic E-state index is 12.8. The Balaban J connectivity index is 1.53. The smallest absolute Gasteiger partial charge is 0.234 e. The van der Waals surface area contributed by atoms with E-state index < -0.39 is 0 Å². The van der Waals surface area contributed by atoms with Crippen LogP contribution in [0.2, 0.25) is 0 Å². The second kappa shape index (κ2) is 11.1. The average molecular weight is 367 g/mol. The third-order valence-corrected chi connectivity index (χ3v) is 4.98. The Bertz CT molecular complexity index is 546. The Morgan fingerprint density at radius 1 is 1.00 bits per heavy atom. The zero-order valence-corrected chi connectivity index (χ0v) is 15.2. The number of carbonyl (C=O) groups excluding carboxylic acids is 2. The Morgan fingerprint density at radius 3 is 2.32 bits per heavy atom. The Labute approximate surface area is 152 Å². The molecule has 0 bridgehead atoms. The van der Waals surface area contributed by atoms with Crippen molar-refractivity contribution in [3.8, 4) is 0 Å². The topological polar surface area (TPSA) is 61.4 Å². The molecule has 1 aromatic rings. The number of amides is 2. The minimum Gasteiger partial charge on any atom is -0.354 e. The fourth-order valence-corrected chi connectivity index (χ4v) is 3.38. The van der Waals surface area contributed by atoms with E-state index in [-0.39, 0.29) is 29.1 Å². The van der Waals surface area contributed by atoms with Gasteiger partial charge in [0.25, 0.3) is 0 Å². The maximum absolute atomic E-state index is 12.8. The molecular weight excluding hydrogens is 341 g/mol. The number of carbonyl (C=O) groups is 2. The number of halogens is 1. The molecule has 0 aliphatic carbocycles. The zero-order valence-electron chi connectivity index (χ0n) is 14.4. The summed E-state index contributed by atoms with van der Waals surface area (Å²) in [6.45, 7) is 3.78. The summed E-state index contributed by atoms with van der Waals surface area (Å²) in [4.78, 5) is 26.0. The van der Waals surface area contributed by atoms with E-state index in [1.54, 1.807) is 0 Å². The van der Waals surface area contributed by atoms with Gasteiger partial charge in [-0.2, -0.15) is 0 Å². The molecule has 2 N–H and O–H groups in total. The number of hydrogen-bond acceptors (Lipinski definition) is 4. The summed E-state index contributed by atoms with van der Waals surface area (Å²) in [6, 6.07) is 5.60. The molecule has 0 atom stereocenters. The minimum absolute atomic E-state index is 0.0468. The number of hydrogen-bond donors (Lipinski definition) is 2. The molecule has 0 aromatic heterocycles. The highest BCUT2D eigenvalue weighted by Gasteiger charge is 2.10. The summed E-state index contributed by atoms with van der Waals surface area (Å²) >= 11 is 1.27. The lowest BCUT2D eigenvalue weighted by Gasteiger charge is -2.19. The van der Waals surface area contributed by atoms with Crippen molar-refractivity contribution in [2.75, 3.05) is 43.0 Å². The van der Waals surface area contributed by atoms with Crippen LogP contribution in [0, 0.1) is 5.82 Å². The van der Waals surface area contributed by atoms with Crippen LogP contribution in [0.3, 0.4) is 0 Å². The standard InChI is InChI=1S/C18H26FN3O2S/c19-15-5-7-16(8-6-15)21-18(24)14-25-13-17(23)20-9-12-22-10-3-1-2-4-11-22/h5-8H,1-4,9-14H2,(H,20,23)(H,21,24). The second-order valence-electron chi connectivity index (χ2n) is 6.15. The van der Waals surface area contributed by atoms with E-state index in [9.17, 15) is 14.0 Å². The van der Waals surface area contributed by atoms with Gasteiger partial charge in [0.15, 0.2) is 0 Å². The van der Waals surface area contributed by atoms with Crippen molar-refractivity contribution in [1.82, 2.24) is 10.2 Å². The molecule has 1 aliphatic rings. The molecule has 0 spiro atoms. The first-order valence-electron chi connectivity index (χ1n) is 8.76. The molecule has 1 saturated heterocycles. The van der Waals surface area contributed by atoms with Crippen molar-refractivity contribution in [2.45, 2.75) is 25.7 Å². The first-order valence-corrected chi connectivity index (χ1v) is 9.91. The molecule has 7 heteroatoms. The van der Waals surface area contributed by atoms with Gasteiger partial charge in [0.05, 0.1) is 11.5 Å². The summed E-state index contributed by atoms with van der Waals surface area (Å²) in [7, 11) is 0. The second-order valence-corrected chi connectivity index (χ2v) is 7.14. The van der Waals surface area contributed by atoms with E-state index in [1.807, 2.05) is 0 Å². The quantitative estimate of drug-likeness (QED) is 0.741. The van der Waals surface area contributed by atoms with E-state index in [4.69, 9.17) is 0 Å². The fourth-order valence-electron chi connectivity index (χ4n) is 2.73. The predicted octanol–water partition coefficient (Wildman–Crippen LogP) is 2.49. The molecule has 1 fully saturated rings.